The van der Waals surface area contributed by atoms with E-state index in [-0.39, 0.29) is 18.4 Å². The van der Waals surface area contributed by atoms with Crippen LogP contribution in [0.2, 0.25) is 0 Å². The van der Waals surface area contributed by atoms with E-state index < -0.39 is 0 Å². The molecule has 1 unspecified atom stereocenters. The molecule has 1 aromatic heterocycles. The summed E-state index contributed by atoms with van der Waals surface area (Å²) in [5.74, 6) is 0.447. The fraction of sp³-hybridized carbons (Fsp3) is 0.400. The number of pyridine rings is 1. The van der Waals surface area contributed by atoms with Crippen LogP contribution in [-0.2, 0) is 11.4 Å². The Labute approximate surface area is 143 Å². The summed E-state index contributed by atoms with van der Waals surface area (Å²) in [7, 11) is 0. The van der Waals surface area contributed by atoms with Gasteiger partial charge in [-0.15, -0.1) is 0 Å². The molecule has 0 aliphatic carbocycles. The molecule has 24 heavy (non-hydrogen) atoms. The maximum Gasteiger partial charge on any atom is 0.229 e. The number of piperidine rings is 1. The van der Waals surface area contributed by atoms with E-state index in [0.29, 0.717) is 5.92 Å². The van der Waals surface area contributed by atoms with E-state index in [1.54, 1.807) is 12.4 Å². The van der Waals surface area contributed by atoms with E-state index >= 15 is 0 Å². The van der Waals surface area contributed by atoms with Crippen molar-refractivity contribution < 1.29 is 9.90 Å². The Kier molecular flexibility index (Phi) is 5.26. The SMILES string of the molecule is CC(C(=O)N1CCC(c2ccccc2CO)CC1)c1cccnc1. The molecule has 1 fully saturated rings. The van der Waals surface area contributed by atoms with Gasteiger partial charge in [-0.25, -0.2) is 0 Å². The molecule has 1 atom stereocenters. The lowest BCUT2D eigenvalue weighted by Gasteiger charge is -2.34. The van der Waals surface area contributed by atoms with Crippen LogP contribution in [0, 0.1) is 0 Å². The van der Waals surface area contributed by atoms with Gasteiger partial charge in [-0.1, -0.05) is 30.3 Å². The zero-order valence-electron chi connectivity index (χ0n) is 14.1. The van der Waals surface area contributed by atoms with Crippen LogP contribution in [0.25, 0.3) is 0 Å². The number of hydrogen-bond acceptors (Lipinski definition) is 3. The number of aliphatic hydroxyl groups is 1. The second kappa shape index (κ2) is 7.58. The first-order valence-corrected chi connectivity index (χ1v) is 8.58. The van der Waals surface area contributed by atoms with Gasteiger partial charge in [-0.2, -0.15) is 0 Å². The maximum atomic E-state index is 12.7. The van der Waals surface area contributed by atoms with Crippen molar-refractivity contribution in [1.29, 1.82) is 0 Å². The highest BCUT2D eigenvalue weighted by molar-refractivity contribution is 5.83. The highest BCUT2D eigenvalue weighted by atomic mass is 16.3. The van der Waals surface area contributed by atoms with E-state index in [1.807, 2.05) is 42.2 Å². The standard InChI is InChI=1S/C20H24N2O2/c1-15(17-6-4-10-21-13-17)20(24)22-11-8-16(9-12-22)19-7-3-2-5-18(19)14-23/h2-7,10,13,15-16,23H,8-9,11-12,14H2,1H3. The van der Waals surface area contributed by atoms with Gasteiger partial charge in [-0.3, -0.25) is 9.78 Å². The minimum Gasteiger partial charge on any atom is -0.392 e. The monoisotopic (exact) mass is 324 g/mol. The number of amides is 1. The van der Waals surface area contributed by atoms with E-state index in [9.17, 15) is 9.90 Å². The quantitative estimate of drug-likeness (QED) is 0.940. The summed E-state index contributed by atoms with van der Waals surface area (Å²) in [5.41, 5.74) is 3.20. The molecule has 0 saturated carbocycles. The Morgan fingerprint density at radius 2 is 2.00 bits per heavy atom. The Morgan fingerprint density at radius 1 is 1.25 bits per heavy atom. The van der Waals surface area contributed by atoms with Gasteiger partial charge in [0.1, 0.15) is 0 Å². The first-order valence-electron chi connectivity index (χ1n) is 8.58. The molecule has 1 N–H and O–H groups in total. The van der Waals surface area contributed by atoms with Gasteiger partial charge >= 0.3 is 0 Å². The van der Waals surface area contributed by atoms with Crippen molar-refractivity contribution in [2.45, 2.75) is 38.2 Å². The van der Waals surface area contributed by atoms with Gasteiger partial charge < -0.3 is 10.0 Å². The van der Waals surface area contributed by atoms with Crippen molar-refractivity contribution in [2.75, 3.05) is 13.1 Å². The van der Waals surface area contributed by atoms with E-state index in [1.165, 1.54) is 5.56 Å². The van der Waals surface area contributed by atoms with Crippen molar-refractivity contribution in [2.24, 2.45) is 0 Å². The van der Waals surface area contributed by atoms with Gasteiger partial charge in [0, 0.05) is 25.5 Å². The number of hydrogen-bond donors (Lipinski definition) is 1. The maximum absolute atomic E-state index is 12.7. The largest absolute Gasteiger partial charge is 0.392 e. The van der Waals surface area contributed by atoms with Crippen LogP contribution in [0.4, 0.5) is 0 Å². The zero-order valence-corrected chi connectivity index (χ0v) is 14.1. The molecule has 1 saturated heterocycles. The minimum absolute atomic E-state index is 0.0767. The van der Waals surface area contributed by atoms with Crippen LogP contribution in [0.5, 0.6) is 0 Å². The molecular weight excluding hydrogens is 300 g/mol. The number of likely N-dealkylation sites (tertiary alicyclic amines) is 1. The van der Waals surface area contributed by atoms with Crippen LogP contribution < -0.4 is 0 Å². The molecule has 4 nitrogen and oxygen atoms in total. The van der Waals surface area contributed by atoms with Crippen LogP contribution in [0.3, 0.4) is 0 Å². The third-order valence-electron chi connectivity index (χ3n) is 5.03. The molecule has 3 rings (SSSR count). The first kappa shape index (κ1) is 16.7. The molecule has 4 heteroatoms. The normalized spacial score (nSPS) is 16.8. The lowest BCUT2D eigenvalue weighted by Crippen LogP contribution is -2.40. The van der Waals surface area contributed by atoms with E-state index in [0.717, 1.165) is 37.1 Å². The van der Waals surface area contributed by atoms with Crippen LogP contribution in [-0.4, -0.2) is 34.0 Å². The van der Waals surface area contributed by atoms with Crippen LogP contribution in [0.1, 0.15) is 48.3 Å². The molecule has 1 amide bonds. The number of carbonyl (C=O) groups excluding carboxylic acids is 1. The molecule has 1 aliphatic heterocycles. The summed E-state index contributed by atoms with van der Waals surface area (Å²) >= 11 is 0. The summed E-state index contributed by atoms with van der Waals surface area (Å²) in [6.45, 7) is 3.57. The van der Waals surface area contributed by atoms with Crippen molar-refractivity contribution in [1.82, 2.24) is 9.88 Å². The first-order chi connectivity index (χ1) is 11.7. The number of aromatic nitrogens is 1. The van der Waals surface area contributed by atoms with Crippen LogP contribution in [0.15, 0.2) is 48.8 Å². The lowest BCUT2D eigenvalue weighted by molar-refractivity contribution is -0.133. The Hall–Kier alpha value is -2.20. The van der Waals surface area contributed by atoms with Gasteiger partial charge in [0.2, 0.25) is 5.91 Å². The zero-order chi connectivity index (χ0) is 16.9. The van der Waals surface area contributed by atoms with Gasteiger partial charge in [0.25, 0.3) is 0 Å². The highest BCUT2D eigenvalue weighted by Gasteiger charge is 2.28. The third-order valence-corrected chi connectivity index (χ3v) is 5.03. The second-order valence-electron chi connectivity index (χ2n) is 6.46. The smallest absolute Gasteiger partial charge is 0.229 e. The molecule has 1 aliphatic rings. The number of benzene rings is 1. The highest BCUT2D eigenvalue weighted by Crippen LogP contribution is 2.31. The molecular formula is C20H24N2O2. The molecule has 1 aromatic carbocycles. The summed E-state index contributed by atoms with van der Waals surface area (Å²) in [6, 6.07) is 11.9. The summed E-state index contributed by atoms with van der Waals surface area (Å²) < 4.78 is 0. The Balaban J connectivity index is 1.63. The molecule has 2 heterocycles. The molecule has 2 aromatic rings. The number of rotatable bonds is 4. The van der Waals surface area contributed by atoms with Gasteiger partial charge in [-0.05, 0) is 48.4 Å². The van der Waals surface area contributed by atoms with Crippen molar-refractivity contribution in [3.05, 3.63) is 65.5 Å². The average molecular weight is 324 g/mol. The molecule has 0 bridgehead atoms. The number of carbonyl (C=O) groups is 1. The van der Waals surface area contributed by atoms with Crippen molar-refractivity contribution in [3.8, 4) is 0 Å². The summed E-state index contributed by atoms with van der Waals surface area (Å²) in [6.07, 6.45) is 5.39. The molecule has 0 radical (unpaired) electrons. The average Bonchev–Trinajstić information content (AvgIpc) is 2.67. The summed E-state index contributed by atoms with van der Waals surface area (Å²) in [4.78, 5) is 18.8. The Bertz CT molecular complexity index is 679. The van der Waals surface area contributed by atoms with Crippen molar-refractivity contribution >= 4 is 5.91 Å². The number of aliphatic hydroxyl groups excluding tert-OH is 1. The van der Waals surface area contributed by atoms with Gasteiger partial charge in [0.15, 0.2) is 0 Å². The molecule has 0 spiro atoms. The van der Waals surface area contributed by atoms with Crippen LogP contribution >= 0.6 is 0 Å². The lowest BCUT2D eigenvalue weighted by atomic mass is 9.86. The van der Waals surface area contributed by atoms with Crippen molar-refractivity contribution in [3.63, 3.8) is 0 Å². The Morgan fingerprint density at radius 3 is 2.67 bits per heavy atom. The predicted molar refractivity (Wildman–Crippen MR) is 93.6 cm³/mol. The minimum atomic E-state index is -0.153. The topological polar surface area (TPSA) is 53.4 Å². The molecule has 126 valence electrons. The summed E-state index contributed by atoms with van der Waals surface area (Å²) in [5, 5.41) is 9.52. The fourth-order valence-electron chi connectivity index (χ4n) is 3.54. The fourth-order valence-corrected chi connectivity index (χ4v) is 3.54. The third kappa shape index (κ3) is 3.49. The second-order valence-corrected chi connectivity index (χ2v) is 6.46. The van der Waals surface area contributed by atoms with E-state index in [4.69, 9.17) is 0 Å². The van der Waals surface area contributed by atoms with E-state index in [2.05, 4.69) is 11.1 Å². The number of nitrogens with zero attached hydrogens (tertiary/aromatic N) is 2. The van der Waals surface area contributed by atoms with Gasteiger partial charge in [0.05, 0.1) is 12.5 Å². The predicted octanol–water partition coefficient (Wildman–Crippen LogP) is 3.08.